The molecule has 7 heteroatoms. The average Bonchev–Trinajstić information content (AvgIpc) is 3.21. The number of aliphatic hydroxyl groups is 1. The van der Waals surface area contributed by atoms with Crippen molar-refractivity contribution >= 4 is 17.2 Å². The molecule has 0 bridgehead atoms. The van der Waals surface area contributed by atoms with Crippen LogP contribution in [0.15, 0.2) is 5.38 Å². The average molecular weight is 381 g/mol. The fourth-order valence-corrected chi connectivity index (χ4v) is 4.75. The molecule has 2 saturated heterocycles. The summed E-state index contributed by atoms with van der Waals surface area (Å²) in [7, 11) is 2.18. The molecule has 3 rings (SSSR count). The van der Waals surface area contributed by atoms with Crippen LogP contribution in [0.2, 0.25) is 0 Å². The Morgan fingerprint density at radius 3 is 2.73 bits per heavy atom. The minimum Gasteiger partial charge on any atom is -0.396 e. The number of carbonyl (C=O) groups is 1. The van der Waals surface area contributed by atoms with Crippen molar-refractivity contribution < 1.29 is 9.90 Å². The van der Waals surface area contributed by atoms with Crippen LogP contribution in [0.3, 0.4) is 0 Å². The summed E-state index contributed by atoms with van der Waals surface area (Å²) in [5.74, 6) is 0.877. The maximum Gasteiger partial charge on any atom is 0.273 e. The van der Waals surface area contributed by atoms with Gasteiger partial charge in [0.15, 0.2) is 0 Å². The van der Waals surface area contributed by atoms with Gasteiger partial charge in [-0.15, -0.1) is 11.3 Å². The predicted molar refractivity (Wildman–Crippen MR) is 105 cm³/mol. The van der Waals surface area contributed by atoms with Gasteiger partial charge in [-0.2, -0.15) is 0 Å². The minimum absolute atomic E-state index is 0.0182. The fraction of sp³-hybridized carbons (Fsp3) is 0.789. The van der Waals surface area contributed by atoms with Gasteiger partial charge in [0.25, 0.3) is 5.91 Å². The van der Waals surface area contributed by atoms with Crippen molar-refractivity contribution in [2.75, 3.05) is 59.5 Å². The van der Waals surface area contributed by atoms with E-state index in [4.69, 9.17) is 0 Å². The maximum absolute atomic E-state index is 12.8. The van der Waals surface area contributed by atoms with E-state index in [1.54, 1.807) is 11.3 Å². The smallest absolute Gasteiger partial charge is 0.273 e. The SMILES string of the molecule is CC(C)c1nc(C(=O)N2CC(CO)C(CN3CCCN(C)CC3)C2)cs1. The van der Waals surface area contributed by atoms with Crippen LogP contribution in [-0.4, -0.2) is 90.2 Å². The second kappa shape index (κ2) is 8.78. The highest BCUT2D eigenvalue weighted by Crippen LogP contribution is 2.27. The topological polar surface area (TPSA) is 59.9 Å². The van der Waals surface area contributed by atoms with Crippen molar-refractivity contribution in [3.8, 4) is 0 Å². The lowest BCUT2D eigenvalue weighted by molar-refractivity contribution is 0.0774. The zero-order valence-electron chi connectivity index (χ0n) is 16.2. The van der Waals surface area contributed by atoms with Gasteiger partial charge in [0.1, 0.15) is 5.69 Å². The summed E-state index contributed by atoms with van der Waals surface area (Å²) in [6.45, 7) is 11.1. The number of likely N-dealkylation sites (N-methyl/N-ethyl adjacent to an activating group) is 1. The highest BCUT2D eigenvalue weighted by molar-refractivity contribution is 7.09. The van der Waals surface area contributed by atoms with E-state index >= 15 is 0 Å². The lowest BCUT2D eigenvalue weighted by Crippen LogP contribution is -2.36. The van der Waals surface area contributed by atoms with Crippen molar-refractivity contribution in [2.24, 2.45) is 11.8 Å². The number of hydrogen-bond donors (Lipinski definition) is 1. The minimum atomic E-state index is 0.0182. The molecule has 2 fully saturated rings. The summed E-state index contributed by atoms with van der Waals surface area (Å²) in [6, 6.07) is 0. The second-order valence-electron chi connectivity index (χ2n) is 8.10. The normalized spacial score (nSPS) is 25.8. The summed E-state index contributed by atoms with van der Waals surface area (Å²) < 4.78 is 0. The molecule has 2 atom stereocenters. The van der Waals surface area contributed by atoms with E-state index in [1.807, 2.05) is 10.3 Å². The zero-order chi connectivity index (χ0) is 18.7. The number of rotatable bonds is 5. The molecular weight excluding hydrogens is 348 g/mol. The number of carbonyl (C=O) groups excluding carboxylic acids is 1. The monoisotopic (exact) mass is 380 g/mol. The van der Waals surface area contributed by atoms with Gasteiger partial charge in [-0.3, -0.25) is 4.79 Å². The van der Waals surface area contributed by atoms with E-state index in [1.165, 1.54) is 6.42 Å². The third kappa shape index (κ3) is 4.63. The number of likely N-dealkylation sites (tertiary alicyclic amines) is 1. The molecule has 0 aromatic carbocycles. The molecule has 0 aliphatic carbocycles. The van der Waals surface area contributed by atoms with Crippen molar-refractivity contribution in [1.82, 2.24) is 19.7 Å². The third-order valence-electron chi connectivity index (χ3n) is 5.64. The summed E-state index contributed by atoms with van der Waals surface area (Å²) in [4.78, 5) is 24.1. The molecule has 0 radical (unpaired) electrons. The Balaban J connectivity index is 1.61. The van der Waals surface area contributed by atoms with E-state index in [2.05, 4.69) is 35.7 Å². The highest BCUT2D eigenvalue weighted by Gasteiger charge is 2.36. The molecule has 1 aromatic rings. The molecular formula is C19H32N4O2S. The van der Waals surface area contributed by atoms with Crippen LogP contribution in [0.1, 0.15) is 41.7 Å². The Kier molecular flexibility index (Phi) is 6.66. The van der Waals surface area contributed by atoms with E-state index in [-0.39, 0.29) is 18.4 Å². The number of thiazole rings is 1. The van der Waals surface area contributed by atoms with Gasteiger partial charge in [-0.25, -0.2) is 4.98 Å². The van der Waals surface area contributed by atoms with E-state index in [0.717, 1.165) is 44.3 Å². The molecule has 2 unspecified atom stereocenters. The maximum atomic E-state index is 12.8. The first-order valence-corrected chi connectivity index (χ1v) is 10.6. The van der Waals surface area contributed by atoms with Crippen molar-refractivity contribution in [3.05, 3.63) is 16.1 Å². The van der Waals surface area contributed by atoms with Gasteiger partial charge in [-0.05, 0) is 32.5 Å². The number of aliphatic hydroxyl groups excluding tert-OH is 1. The molecule has 1 aromatic heterocycles. The number of hydrogen-bond acceptors (Lipinski definition) is 6. The lowest BCUT2D eigenvalue weighted by atomic mass is 9.96. The first-order chi connectivity index (χ1) is 12.5. The first-order valence-electron chi connectivity index (χ1n) is 9.74. The first kappa shape index (κ1) is 19.7. The summed E-state index contributed by atoms with van der Waals surface area (Å²) in [5, 5.41) is 12.7. The molecule has 1 amide bonds. The van der Waals surface area contributed by atoms with Crippen molar-refractivity contribution in [3.63, 3.8) is 0 Å². The van der Waals surface area contributed by atoms with Crippen LogP contribution >= 0.6 is 11.3 Å². The molecule has 146 valence electrons. The largest absolute Gasteiger partial charge is 0.396 e. The second-order valence-corrected chi connectivity index (χ2v) is 8.99. The van der Waals surface area contributed by atoms with Crippen LogP contribution in [0, 0.1) is 11.8 Å². The Morgan fingerprint density at radius 2 is 2.04 bits per heavy atom. The lowest BCUT2D eigenvalue weighted by Gasteiger charge is -2.26. The molecule has 6 nitrogen and oxygen atoms in total. The highest BCUT2D eigenvalue weighted by atomic mass is 32.1. The predicted octanol–water partition coefficient (Wildman–Crippen LogP) is 1.58. The summed E-state index contributed by atoms with van der Waals surface area (Å²) in [5.41, 5.74) is 0.562. The van der Waals surface area contributed by atoms with Crippen molar-refractivity contribution in [2.45, 2.75) is 26.2 Å². The summed E-state index contributed by atoms with van der Waals surface area (Å²) >= 11 is 1.56. The van der Waals surface area contributed by atoms with Crippen LogP contribution in [0.4, 0.5) is 0 Å². The van der Waals surface area contributed by atoms with Crippen LogP contribution in [0.25, 0.3) is 0 Å². The van der Waals surface area contributed by atoms with Gasteiger partial charge < -0.3 is 19.8 Å². The zero-order valence-corrected chi connectivity index (χ0v) is 17.0. The number of aromatic nitrogens is 1. The van der Waals surface area contributed by atoms with Crippen molar-refractivity contribution in [1.29, 1.82) is 0 Å². The molecule has 1 N–H and O–H groups in total. The quantitative estimate of drug-likeness (QED) is 0.841. The van der Waals surface area contributed by atoms with E-state index in [9.17, 15) is 9.90 Å². The van der Waals surface area contributed by atoms with Gasteiger partial charge >= 0.3 is 0 Å². The third-order valence-corrected chi connectivity index (χ3v) is 6.78. The molecule has 0 spiro atoms. The van der Waals surface area contributed by atoms with Gasteiger partial charge in [0.2, 0.25) is 0 Å². The van der Waals surface area contributed by atoms with Gasteiger partial charge in [-0.1, -0.05) is 13.8 Å². The molecule has 2 aliphatic heterocycles. The van der Waals surface area contributed by atoms with Gasteiger partial charge in [0, 0.05) is 56.5 Å². The Bertz CT molecular complexity index is 606. The molecule has 26 heavy (non-hydrogen) atoms. The standard InChI is InChI=1S/C19H32N4O2S/c1-14(2)18-20-17(13-26-18)19(25)23-10-15(16(11-23)12-24)9-22-6-4-5-21(3)7-8-22/h13-16,24H,4-12H2,1-3H3. The number of amides is 1. The van der Waals surface area contributed by atoms with Gasteiger partial charge in [0.05, 0.1) is 5.01 Å². The van der Waals surface area contributed by atoms with Crippen LogP contribution in [0.5, 0.6) is 0 Å². The Hall–Kier alpha value is -1.02. The summed E-state index contributed by atoms with van der Waals surface area (Å²) in [6.07, 6.45) is 1.19. The van der Waals surface area contributed by atoms with Crippen LogP contribution in [-0.2, 0) is 0 Å². The van der Waals surface area contributed by atoms with Crippen LogP contribution < -0.4 is 0 Å². The fourth-order valence-electron chi connectivity index (χ4n) is 3.95. The Morgan fingerprint density at radius 1 is 1.27 bits per heavy atom. The molecule has 3 heterocycles. The van der Waals surface area contributed by atoms with E-state index in [0.29, 0.717) is 24.1 Å². The molecule has 2 aliphatic rings. The number of nitrogens with zero attached hydrogens (tertiary/aromatic N) is 4. The molecule has 0 saturated carbocycles. The Labute approximate surface area is 160 Å². The van der Waals surface area contributed by atoms with E-state index < -0.39 is 0 Å².